The lowest BCUT2D eigenvalue weighted by Crippen LogP contribution is -2.46. The molecule has 0 bridgehead atoms. The van der Waals surface area contributed by atoms with Crippen LogP contribution in [0.25, 0.3) is 0 Å². The fraction of sp³-hybridized carbons (Fsp3) is 0.833. The number of carbonyl (C=O) groups is 1. The summed E-state index contributed by atoms with van der Waals surface area (Å²) in [5, 5.41) is 44.3. The molecule has 0 aliphatic heterocycles. The van der Waals surface area contributed by atoms with Gasteiger partial charge in [-0.15, -0.1) is 0 Å². The van der Waals surface area contributed by atoms with Gasteiger partial charge in [0, 0.05) is 0 Å². The van der Waals surface area contributed by atoms with Crippen molar-refractivity contribution in [1.29, 1.82) is 0 Å². The van der Waals surface area contributed by atoms with E-state index in [2.05, 4.69) is 0 Å². The van der Waals surface area contributed by atoms with Gasteiger partial charge in [-0.25, -0.2) is 0 Å². The third kappa shape index (κ3) is 2.84. The highest BCUT2D eigenvalue weighted by Gasteiger charge is 2.29. The Kier molecular flexibility index (Phi) is 3.49. The average Bonchev–Trinajstić information content (AvgIpc) is 2.14. The van der Waals surface area contributed by atoms with E-state index in [4.69, 9.17) is 28.3 Å². The molecule has 0 heterocycles. The number of aliphatic hydroxyl groups excluding tert-OH is 3. The van der Waals surface area contributed by atoms with Gasteiger partial charge in [0.1, 0.15) is 24.4 Å². The molecule has 0 aromatic carbocycles. The molecule has 0 rings (SSSR count). The Hall–Kier alpha value is -0.530. The zero-order valence-corrected chi connectivity index (χ0v) is 6.08. The maximum atomic E-state index is 10.00. The van der Waals surface area contributed by atoms with E-state index in [1.165, 1.54) is 0 Å². The third-order valence-corrected chi connectivity index (χ3v) is 1.19. The van der Waals surface area contributed by atoms with Crippen LogP contribution in [0.2, 0.25) is 0 Å². The van der Waals surface area contributed by atoms with Crippen LogP contribution in [0, 0.1) is 0 Å². The fourth-order valence-electron chi connectivity index (χ4n) is 0.488. The number of hydrogen-bond acceptors (Lipinski definition) is 6. The second kappa shape index (κ2) is 5.18. The number of aliphatic hydroxyl groups is 5. The summed E-state index contributed by atoms with van der Waals surface area (Å²) in [6, 6.07) is 0. The van der Waals surface area contributed by atoms with Crippen LogP contribution in [0.3, 0.4) is 0 Å². The molecular weight excluding hydrogens is 168 g/mol. The number of hydrogen-bond donors (Lipinski definition) is 5. The monoisotopic (exact) mass is 182 g/mol. The standard InChI is InChI=1S/C6H12O6/c7-1-3(9)5(11)6(12)4(10)2-8/h1,3-6,8-12H,2H2/t3-,4+,5+,6+/m0/s1/i4D,6D. The lowest BCUT2D eigenvalue weighted by atomic mass is 10.0. The van der Waals surface area contributed by atoms with Gasteiger partial charge in [0.15, 0.2) is 6.29 Å². The number of carbonyl (C=O) groups excluding carboxylic acids is 1. The van der Waals surface area contributed by atoms with E-state index in [9.17, 15) is 4.79 Å². The zero-order chi connectivity index (χ0) is 11.6. The van der Waals surface area contributed by atoms with Gasteiger partial charge in [-0.1, -0.05) is 0 Å². The van der Waals surface area contributed by atoms with Crippen LogP contribution in [0.5, 0.6) is 0 Å². The summed E-state index contributed by atoms with van der Waals surface area (Å²) in [5.41, 5.74) is 0. The van der Waals surface area contributed by atoms with Gasteiger partial charge >= 0.3 is 0 Å². The summed E-state index contributed by atoms with van der Waals surface area (Å²) >= 11 is 0. The van der Waals surface area contributed by atoms with Gasteiger partial charge in [-0.3, -0.25) is 0 Å². The lowest BCUT2D eigenvalue weighted by Gasteiger charge is -2.22. The molecule has 0 aromatic rings. The molecule has 0 unspecified atom stereocenters. The third-order valence-electron chi connectivity index (χ3n) is 1.19. The Bertz CT molecular complexity index is 206. The van der Waals surface area contributed by atoms with Crippen molar-refractivity contribution in [1.82, 2.24) is 0 Å². The molecule has 5 N–H and O–H groups in total. The van der Waals surface area contributed by atoms with Crippen LogP contribution in [-0.4, -0.2) is 62.8 Å². The summed E-state index contributed by atoms with van der Waals surface area (Å²) in [6.45, 7) is -1.34. The molecular formula is C6H12O6. The van der Waals surface area contributed by atoms with Crippen molar-refractivity contribution in [2.24, 2.45) is 0 Å². The van der Waals surface area contributed by atoms with Gasteiger partial charge in [0.2, 0.25) is 0 Å². The first-order chi connectivity index (χ1) is 6.20. The highest BCUT2D eigenvalue weighted by atomic mass is 16.4. The first-order valence-electron chi connectivity index (χ1n) is 4.07. The lowest BCUT2D eigenvalue weighted by molar-refractivity contribution is -0.136. The van der Waals surface area contributed by atoms with Gasteiger partial charge in [0.25, 0.3) is 0 Å². The predicted molar refractivity (Wildman–Crippen MR) is 37.2 cm³/mol. The molecule has 0 aromatic heterocycles. The molecule has 72 valence electrons. The minimum atomic E-state index is -3.28. The van der Waals surface area contributed by atoms with E-state index in [1.54, 1.807) is 0 Å². The van der Waals surface area contributed by atoms with E-state index in [-0.39, 0.29) is 6.29 Å². The Balaban J connectivity index is 4.85. The van der Waals surface area contributed by atoms with Gasteiger partial charge < -0.3 is 30.3 Å². The normalized spacial score (nSPS) is 28.8. The van der Waals surface area contributed by atoms with E-state index in [0.717, 1.165) is 0 Å². The first kappa shape index (κ1) is 8.09. The SMILES string of the molecule is [2H][C@](O)([C@H](O)[C@@H](O)C=O)[C@]([2H])(O)CO. The van der Waals surface area contributed by atoms with Gasteiger partial charge in [-0.2, -0.15) is 0 Å². The molecule has 0 spiro atoms. The van der Waals surface area contributed by atoms with E-state index >= 15 is 0 Å². The average molecular weight is 182 g/mol. The Morgan fingerprint density at radius 1 is 1.33 bits per heavy atom. The number of aldehydes is 1. The van der Waals surface area contributed by atoms with Gasteiger partial charge in [0.05, 0.1) is 9.35 Å². The molecule has 0 saturated carbocycles. The van der Waals surface area contributed by atoms with Gasteiger partial charge in [-0.05, 0) is 0 Å². The van der Waals surface area contributed by atoms with Crippen LogP contribution >= 0.6 is 0 Å². The van der Waals surface area contributed by atoms with Crippen molar-refractivity contribution < 1.29 is 33.1 Å². The molecule has 0 radical (unpaired) electrons. The van der Waals surface area contributed by atoms with E-state index in [1.807, 2.05) is 0 Å². The first-order valence-corrected chi connectivity index (χ1v) is 3.07. The summed E-state index contributed by atoms with van der Waals surface area (Å²) in [7, 11) is 0. The molecule has 0 amide bonds. The Labute approximate surface area is 71.5 Å². The van der Waals surface area contributed by atoms with Crippen LogP contribution in [0.4, 0.5) is 0 Å². The van der Waals surface area contributed by atoms with Crippen molar-refractivity contribution in [3.8, 4) is 0 Å². The Morgan fingerprint density at radius 3 is 2.17 bits per heavy atom. The molecule has 0 saturated heterocycles. The highest BCUT2D eigenvalue weighted by molar-refractivity contribution is 5.56. The summed E-state index contributed by atoms with van der Waals surface area (Å²) in [6.07, 6.45) is -11.1. The molecule has 4 atom stereocenters. The molecule has 0 aliphatic rings. The predicted octanol–water partition coefficient (Wildman–Crippen LogP) is -3.38. The number of rotatable bonds is 5. The molecule has 6 heteroatoms. The second-order valence-corrected chi connectivity index (χ2v) is 2.06. The fourth-order valence-corrected chi connectivity index (χ4v) is 0.488. The van der Waals surface area contributed by atoms with Crippen molar-refractivity contribution in [3.63, 3.8) is 0 Å². The quantitative estimate of drug-likeness (QED) is 0.283. The molecule has 6 nitrogen and oxygen atoms in total. The van der Waals surface area contributed by atoms with Crippen LogP contribution < -0.4 is 0 Å². The molecule has 0 fully saturated rings. The van der Waals surface area contributed by atoms with Crippen LogP contribution in [-0.2, 0) is 4.79 Å². The van der Waals surface area contributed by atoms with Crippen LogP contribution in [0.1, 0.15) is 2.74 Å². The van der Waals surface area contributed by atoms with E-state index in [0.29, 0.717) is 0 Å². The maximum Gasteiger partial charge on any atom is 0.151 e. The topological polar surface area (TPSA) is 118 Å². The largest absolute Gasteiger partial charge is 0.394 e. The summed E-state index contributed by atoms with van der Waals surface area (Å²) < 4.78 is 13.8. The van der Waals surface area contributed by atoms with Crippen LogP contribution in [0.15, 0.2) is 0 Å². The highest BCUT2D eigenvalue weighted by Crippen LogP contribution is 2.02. The Morgan fingerprint density at radius 2 is 1.83 bits per heavy atom. The smallest absolute Gasteiger partial charge is 0.151 e. The van der Waals surface area contributed by atoms with Crippen molar-refractivity contribution >= 4 is 6.29 Å². The van der Waals surface area contributed by atoms with Crippen molar-refractivity contribution in [2.75, 3.05) is 6.61 Å². The van der Waals surface area contributed by atoms with Crippen molar-refractivity contribution in [3.05, 3.63) is 0 Å². The molecule has 12 heavy (non-hydrogen) atoms. The zero-order valence-electron chi connectivity index (χ0n) is 8.08. The summed E-state index contributed by atoms with van der Waals surface area (Å²) in [5.74, 6) is 0. The second-order valence-electron chi connectivity index (χ2n) is 2.06. The minimum absolute atomic E-state index is 0.169. The maximum absolute atomic E-state index is 10.00. The van der Waals surface area contributed by atoms with Crippen molar-refractivity contribution in [2.45, 2.75) is 24.4 Å². The molecule has 0 aliphatic carbocycles. The summed E-state index contributed by atoms with van der Waals surface area (Å²) in [4.78, 5) is 10.00. The minimum Gasteiger partial charge on any atom is -0.394 e. The van der Waals surface area contributed by atoms with E-state index < -0.39 is 31.0 Å².